The third-order valence-corrected chi connectivity index (χ3v) is 2.18. The number of nitrogens with one attached hydrogen (secondary N) is 1. The minimum atomic E-state index is -0.627. The van der Waals surface area contributed by atoms with Gasteiger partial charge in [0.05, 0.1) is 6.20 Å². The Labute approximate surface area is 100.0 Å². The van der Waals surface area contributed by atoms with Crippen LogP contribution in [0.3, 0.4) is 0 Å². The average Bonchev–Trinajstić information content (AvgIpc) is 2.70. The van der Waals surface area contributed by atoms with Crippen molar-refractivity contribution in [2.45, 2.75) is 38.9 Å². The maximum Gasteiger partial charge on any atom is 0.240 e. The van der Waals surface area contributed by atoms with Crippen molar-refractivity contribution < 1.29 is 9.90 Å². The number of amides is 1. The second-order valence-electron chi connectivity index (χ2n) is 4.14. The van der Waals surface area contributed by atoms with Gasteiger partial charge in [-0.2, -0.15) is 0 Å². The van der Waals surface area contributed by atoms with E-state index >= 15 is 0 Å². The summed E-state index contributed by atoms with van der Waals surface area (Å²) in [5.74, 6) is -0.479. The molecule has 1 aromatic rings. The van der Waals surface area contributed by atoms with Gasteiger partial charge in [0.2, 0.25) is 5.91 Å². The van der Waals surface area contributed by atoms with Crippen molar-refractivity contribution in [3.05, 3.63) is 11.9 Å². The number of hydrogen-bond donors (Lipinski definition) is 3. The van der Waals surface area contributed by atoms with Gasteiger partial charge in [0, 0.05) is 19.2 Å². The number of nitrogens with zero attached hydrogens (tertiary/aromatic N) is 3. The first-order valence-corrected chi connectivity index (χ1v) is 5.61. The van der Waals surface area contributed by atoms with Gasteiger partial charge in [0.15, 0.2) is 0 Å². The molecule has 7 heteroatoms. The fourth-order valence-corrected chi connectivity index (χ4v) is 1.43. The number of carbonyl (C=O) groups is 1. The summed E-state index contributed by atoms with van der Waals surface area (Å²) in [5, 5.41) is 19.5. The molecule has 0 aliphatic carbocycles. The largest absolute Gasteiger partial charge is 0.396 e. The molecule has 0 bridgehead atoms. The number of hydrogen-bond acceptors (Lipinski definition) is 5. The Hall–Kier alpha value is -1.47. The predicted octanol–water partition coefficient (Wildman–Crippen LogP) is -0.815. The molecule has 17 heavy (non-hydrogen) atoms. The Morgan fingerprint density at radius 1 is 1.65 bits per heavy atom. The number of aromatic nitrogens is 3. The summed E-state index contributed by atoms with van der Waals surface area (Å²) < 4.78 is 1.59. The van der Waals surface area contributed by atoms with Crippen LogP contribution in [0.5, 0.6) is 0 Å². The van der Waals surface area contributed by atoms with Gasteiger partial charge in [-0.05, 0) is 20.3 Å². The van der Waals surface area contributed by atoms with Crippen molar-refractivity contribution in [3.63, 3.8) is 0 Å². The van der Waals surface area contributed by atoms with Crippen molar-refractivity contribution >= 4 is 5.91 Å². The molecule has 0 aliphatic rings. The van der Waals surface area contributed by atoms with E-state index in [1.807, 2.05) is 13.8 Å². The van der Waals surface area contributed by atoms with Gasteiger partial charge >= 0.3 is 0 Å². The van der Waals surface area contributed by atoms with Crippen molar-refractivity contribution in [3.8, 4) is 0 Å². The summed E-state index contributed by atoms with van der Waals surface area (Å²) in [6, 6.07) is -0.507. The van der Waals surface area contributed by atoms with Crippen molar-refractivity contribution in [1.82, 2.24) is 20.3 Å². The van der Waals surface area contributed by atoms with E-state index < -0.39 is 11.9 Å². The molecular weight excluding hydrogens is 222 g/mol. The molecule has 4 N–H and O–H groups in total. The quantitative estimate of drug-likeness (QED) is 0.578. The van der Waals surface area contributed by atoms with Crippen LogP contribution in [0.15, 0.2) is 6.20 Å². The Morgan fingerprint density at radius 3 is 2.88 bits per heavy atom. The van der Waals surface area contributed by atoms with E-state index in [-0.39, 0.29) is 12.6 Å². The molecule has 1 unspecified atom stereocenters. The van der Waals surface area contributed by atoms with Crippen LogP contribution in [-0.2, 0) is 11.3 Å². The van der Waals surface area contributed by atoms with Gasteiger partial charge in [0.1, 0.15) is 11.7 Å². The normalized spacial score (nSPS) is 12.9. The fourth-order valence-electron chi connectivity index (χ4n) is 1.43. The zero-order valence-corrected chi connectivity index (χ0v) is 10.1. The van der Waals surface area contributed by atoms with Crippen LogP contribution in [0.1, 0.15) is 32.0 Å². The van der Waals surface area contributed by atoms with Crippen LogP contribution in [0.2, 0.25) is 0 Å². The van der Waals surface area contributed by atoms with E-state index in [0.717, 1.165) is 0 Å². The third kappa shape index (κ3) is 4.12. The first kappa shape index (κ1) is 13.6. The highest BCUT2D eigenvalue weighted by Crippen LogP contribution is 2.09. The number of aliphatic hydroxyl groups excluding tert-OH is 1. The predicted molar refractivity (Wildman–Crippen MR) is 61.9 cm³/mol. The number of nitrogens with two attached hydrogens (primary N) is 1. The standard InChI is InChI=1S/C10H19N5O2/c1-7(2)12-9(10(11)17)8-6-15(14-13-8)4-3-5-16/h6-7,9,12,16H,3-5H2,1-2H3,(H2,11,17). The van der Waals surface area contributed by atoms with E-state index in [0.29, 0.717) is 18.7 Å². The Kier molecular flexibility index (Phi) is 5.05. The van der Waals surface area contributed by atoms with Crippen LogP contribution in [0, 0.1) is 0 Å². The Bertz CT molecular complexity index is 363. The molecule has 0 aromatic carbocycles. The SMILES string of the molecule is CC(C)NC(C(N)=O)c1cn(CCCO)nn1. The van der Waals surface area contributed by atoms with E-state index in [1.165, 1.54) is 0 Å². The highest BCUT2D eigenvalue weighted by Gasteiger charge is 2.21. The van der Waals surface area contributed by atoms with Crippen molar-refractivity contribution in [2.75, 3.05) is 6.61 Å². The molecule has 96 valence electrons. The number of rotatable bonds is 7. The Balaban J connectivity index is 2.73. The summed E-state index contributed by atoms with van der Waals surface area (Å²) >= 11 is 0. The first-order valence-electron chi connectivity index (χ1n) is 5.61. The summed E-state index contributed by atoms with van der Waals surface area (Å²) in [5.41, 5.74) is 5.81. The molecule has 0 saturated heterocycles. The number of carbonyl (C=O) groups excluding carboxylic acids is 1. The second kappa shape index (κ2) is 6.31. The zero-order valence-electron chi connectivity index (χ0n) is 10.1. The summed E-state index contributed by atoms with van der Waals surface area (Å²) in [4.78, 5) is 11.3. The molecule has 1 heterocycles. The van der Waals surface area contributed by atoms with Crippen LogP contribution in [0.4, 0.5) is 0 Å². The number of aliphatic hydroxyl groups is 1. The van der Waals surface area contributed by atoms with Crippen LogP contribution in [-0.4, -0.2) is 38.7 Å². The first-order chi connectivity index (χ1) is 8.04. The average molecular weight is 241 g/mol. The lowest BCUT2D eigenvalue weighted by Gasteiger charge is -2.15. The van der Waals surface area contributed by atoms with Gasteiger partial charge < -0.3 is 10.8 Å². The fraction of sp³-hybridized carbons (Fsp3) is 0.700. The summed E-state index contributed by atoms with van der Waals surface area (Å²) in [7, 11) is 0. The summed E-state index contributed by atoms with van der Waals surface area (Å²) in [6.45, 7) is 4.51. The number of primary amides is 1. The molecule has 0 radical (unpaired) electrons. The van der Waals surface area contributed by atoms with Gasteiger partial charge in [-0.15, -0.1) is 5.10 Å². The van der Waals surface area contributed by atoms with Crippen LogP contribution >= 0.6 is 0 Å². The van der Waals surface area contributed by atoms with E-state index in [2.05, 4.69) is 15.6 Å². The maximum absolute atomic E-state index is 11.3. The van der Waals surface area contributed by atoms with Crippen molar-refractivity contribution in [1.29, 1.82) is 0 Å². The van der Waals surface area contributed by atoms with Gasteiger partial charge in [-0.3, -0.25) is 14.8 Å². The lowest BCUT2D eigenvalue weighted by Crippen LogP contribution is -2.37. The van der Waals surface area contributed by atoms with E-state index in [1.54, 1.807) is 10.9 Å². The molecular formula is C10H19N5O2. The molecule has 0 spiro atoms. The van der Waals surface area contributed by atoms with Crippen LogP contribution in [0.25, 0.3) is 0 Å². The monoisotopic (exact) mass is 241 g/mol. The van der Waals surface area contributed by atoms with Gasteiger partial charge in [0.25, 0.3) is 0 Å². The molecule has 0 fully saturated rings. The third-order valence-electron chi connectivity index (χ3n) is 2.18. The second-order valence-corrected chi connectivity index (χ2v) is 4.14. The highest BCUT2D eigenvalue weighted by atomic mass is 16.3. The molecule has 0 saturated carbocycles. The van der Waals surface area contributed by atoms with Crippen LogP contribution < -0.4 is 11.1 Å². The van der Waals surface area contributed by atoms with Gasteiger partial charge in [-0.1, -0.05) is 5.21 Å². The minimum Gasteiger partial charge on any atom is -0.396 e. The molecule has 7 nitrogen and oxygen atoms in total. The lowest BCUT2D eigenvalue weighted by atomic mass is 10.2. The van der Waals surface area contributed by atoms with E-state index in [9.17, 15) is 4.79 Å². The molecule has 0 aliphatic heterocycles. The lowest BCUT2D eigenvalue weighted by molar-refractivity contribution is -0.120. The topological polar surface area (TPSA) is 106 Å². The highest BCUT2D eigenvalue weighted by molar-refractivity contribution is 5.80. The van der Waals surface area contributed by atoms with Gasteiger partial charge in [-0.25, -0.2) is 0 Å². The smallest absolute Gasteiger partial charge is 0.240 e. The van der Waals surface area contributed by atoms with Crippen molar-refractivity contribution in [2.24, 2.45) is 5.73 Å². The van der Waals surface area contributed by atoms with E-state index in [4.69, 9.17) is 10.8 Å². The molecule has 1 atom stereocenters. The molecule has 1 rings (SSSR count). The maximum atomic E-state index is 11.3. The Morgan fingerprint density at radius 2 is 2.35 bits per heavy atom. The molecule has 1 amide bonds. The molecule has 1 aromatic heterocycles. The summed E-state index contributed by atoms with van der Waals surface area (Å²) in [6.07, 6.45) is 2.27. The zero-order chi connectivity index (χ0) is 12.8. The minimum absolute atomic E-state index is 0.0959. The number of aryl methyl sites for hydroxylation is 1.